The summed E-state index contributed by atoms with van der Waals surface area (Å²) in [4.78, 5) is 8.06. The standard InChI is InChI=1S/C18H18ClFN4O4/c1-18(27)13(26)17(24-3-2-11-15(21)22-7-23-16(11)24)28-14(18)12(25)8-4-9(19)6-10(20)5-8/h2-7,12-14,17,25-27H,1H3,(H2,21,22,23)/t12?,13-,14+,17+,18-/m0/s1. The molecule has 3 aromatic rings. The first-order valence-electron chi connectivity index (χ1n) is 8.47. The highest BCUT2D eigenvalue weighted by molar-refractivity contribution is 6.30. The minimum atomic E-state index is -1.85. The molecule has 1 fully saturated rings. The van der Waals surface area contributed by atoms with E-state index in [4.69, 9.17) is 22.1 Å². The predicted octanol–water partition coefficient (Wildman–Crippen LogP) is 1.55. The first-order valence-corrected chi connectivity index (χ1v) is 8.85. The van der Waals surface area contributed by atoms with Crippen molar-refractivity contribution in [3.05, 3.63) is 53.2 Å². The maximum Gasteiger partial charge on any atom is 0.164 e. The van der Waals surface area contributed by atoms with Gasteiger partial charge in [0.2, 0.25) is 0 Å². The Bertz CT molecular complexity index is 1020. The van der Waals surface area contributed by atoms with Crippen molar-refractivity contribution in [3.63, 3.8) is 0 Å². The van der Waals surface area contributed by atoms with Crippen LogP contribution in [0.1, 0.15) is 24.8 Å². The average Bonchev–Trinajstić information content (AvgIpc) is 3.14. The molecule has 1 aromatic carbocycles. The van der Waals surface area contributed by atoms with Gasteiger partial charge in [0.1, 0.15) is 47.5 Å². The number of hydrogen-bond donors (Lipinski definition) is 4. The molecule has 0 saturated carbocycles. The van der Waals surface area contributed by atoms with E-state index in [-0.39, 0.29) is 16.4 Å². The van der Waals surface area contributed by atoms with Crippen LogP contribution >= 0.6 is 11.6 Å². The fourth-order valence-electron chi connectivity index (χ4n) is 3.55. The molecule has 148 valence electrons. The molecule has 0 radical (unpaired) electrons. The number of nitrogens with two attached hydrogens (primary N) is 1. The molecular formula is C18H18ClFN4O4. The van der Waals surface area contributed by atoms with Gasteiger partial charge in [-0.25, -0.2) is 14.4 Å². The quantitative estimate of drug-likeness (QED) is 0.517. The van der Waals surface area contributed by atoms with Gasteiger partial charge >= 0.3 is 0 Å². The van der Waals surface area contributed by atoms with E-state index in [1.165, 1.54) is 23.9 Å². The summed E-state index contributed by atoms with van der Waals surface area (Å²) in [5.74, 6) is -0.381. The van der Waals surface area contributed by atoms with Crippen molar-refractivity contribution >= 4 is 28.5 Å². The van der Waals surface area contributed by atoms with E-state index in [1.807, 2.05) is 0 Å². The number of anilines is 1. The summed E-state index contributed by atoms with van der Waals surface area (Å²) in [6.07, 6.45) is -2.32. The molecule has 0 amide bonds. The Kier molecular flexibility index (Phi) is 4.52. The summed E-state index contributed by atoms with van der Waals surface area (Å²) >= 11 is 5.86. The van der Waals surface area contributed by atoms with Gasteiger partial charge in [0.05, 0.1) is 5.39 Å². The van der Waals surface area contributed by atoms with Crippen LogP contribution in [0.5, 0.6) is 0 Å². The number of aliphatic hydroxyl groups is 3. The molecule has 3 heterocycles. The normalized spacial score (nSPS) is 28.7. The van der Waals surface area contributed by atoms with Crippen LogP contribution in [0.4, 0.5) is 10.2 Å². The number of fused-ring (bicyclic) bond motifs is 1. The summed E-state index contributed by atoms with van der Waals surface area (Å²) in [7, 11) is 0. The monoisotopic (exact) mass is 408 g/mol. The number of nitrogen functional groups attached to an aromatic ring is 1. The third-order valence-corrected chi connectivity index (χ3v) is 5.28. The molecule has 1 aliphatic rings. The van der Waals surface area contributed by atoms with E-state index in [2.05, 4.69) is 9.97 Å². The third kappa shape index (κ3) is 2.92. The van der Waals surface area contributed by atoms with Gasteiger partial charge in [-0.2, -0.15) is 0 Å². The SMILES string of the molecule is C[C@@]1(O)[C@@H](C(O)c2cc(F)cc(Cl)c2)O[C@@H](n2ccc3c(N)ncnc32)[C@@H]1O. The number of benzene rings is 1. The Morgan fingerprint density at radius 3 is 2.82 bits per heavy atom. The second-order valence-corrected chi connectivity index (χ2v) is 7.42. The molecule has 2 aromatic heterocycles. The fraction of sp³-hybridized carbons (Fsp3) is 0.333. The van der Waals surface area contributed by atoms with E-state index in [9.17, 15) is 19.7 Å². The van der Waals surface area contributed by atoms with Gasteiger partial charge in [-0.1, -0.05) is 11.6 Å². The number of aliphatic hydroxyl groups excluding tert-OH is 2. The predicted molar refractivity (Wildman–Crippen MR) is 98.9 cm³/mol. The summed E-state index contributed by atoms with van der Waals surface area (Å²) in [6, 6.07) is 5.22. The summed E-state index contributed by atoms with van der Waals surface area (Å²) < 4.78 is 21.0. The maximum absolute atomic E-state index is 13.7. The first kappa shape index (κ1) is 19.0. The molecule has 1 unspecified atom stereocenters. The Hall–Kier alpha value is -2.30. The molecule has 0 aliphatic carbocycles. The van der Waals surface area contributed by atoms with Gasteiger partial charge in [-0.05, 0) is 36.8 Å². The lowest BCUT2D eigenvalue weighted by atomic mass is 9.88. The third-order valence-electron chi connectivity index (χ3n) is 5.06. The summed E-state index contributed by atoms with van der Waals surface area (Å²) in [5, 5.41) is 32.9. The highest BCUT2D eigenvalue weighted by atomic mass is 35.5. The second kappa shape index (κ2) is 6.64. The number of ether oxygens (including phenoxy) is 1. The topological polar surface area (TPSA) is 127 Å². The Labute approximate surface area is 164 Å². The lowest BCUT2D eigenvalue weighted by Crippen LogP contribution is -2.47. The van der Waals surface area contributed by atoms with Crippen LogP contribution in [0.2, 0.25) is 5.02 Å². The van der Waals surface area contributed by atoms with Crippen LogP contribution in [-0.2, 0) is 4.74 Å². The number of nitrogens with zero attached hydrogens (tertiary/aromatic N) is 3. The van der Waals surface area contributed by atoms with E-state index < -0.39 is 36.0 Å². The van der Waals surface area contributed by atoms with Crippen molar-refractivity contribution in [2.24, 2.45) is 0 Å². The van der Waals surface area contributed by atoms with Crippen LogP contribution in [0, 0.1) is 5.82 Å². The fourth-order valence-corrected chi connectivity index (χ4v) is 3.78. The van der Waals surface area contributed by atoms with Gasteiger partial charge in [0.15, 0.2) is 6.23 Å². The minimum Gasteiger partial charge on any atom is -0.386 e. The molecule has 4 rings (SSSR count). The van der Waals surface area contributed by atoms with Crippen molar-refractivity contribution in [1.82, 2.24) is 14.5 Å². The molecule has 1 aliphatic heterocycles. The summed E-state index contributed by atoms with van der Waals surface area (Å²) in [5.41, 5.74) is 4.50. The number of hydrogen-bond acceptors (Lipinski definition) is 7. The van der Waals surface area contributed by atoms with Crippen LogP contribution in [0.15, 0.2) is 36.8 Å². The van der Waals surface area contributed by atoms with Crippen molar-refractivity contribution in [2.75, 3.05) is 5.73 Å². The molecule has 0 bridgehead atoms. The van der Waals surface area contributed by atoms with Gasteiger partial charge in [0, 0.05) is 11.2 Å². The lowest BCUT2D eigenvalue weighted by Gasteiger charge is -2.29. The smallest absolute Gasteiger partial charge is 0.164 e. The largest absolute Gasteiger partial charge is 0.386 e. The molecule has 5 atom stereocenters. The molecule has 0 spiro atoms. The maximum atomic E-state index is 13.7. The molecule has 1 saturated heterocycles. The minimum absolute atomic E-state index is 0.0902. The van der Waals surface area contributed by atoms with Crippen LogP contribution in [0.25, 0.3) is 11.0 Å². The van der Waals surface area contributed by atoms with E-state index in [0.29, 0.717) is 11.0 Å². The second-order valence-electron chi connectivity index (χ2n) is 6.98. The molecule has 28 heavy (non-hydrogen) atoms. The van der Waals surface area contributed by atoms with Gasteiger partial charge in [0.25, 0.3) is 0 Å². The number of aromatic nitrogens is 3. The summed E-state index contributed by atoms with van der Waals surface area (Å²) in [6.45, 7) is 1.33. The van der Waals surface area contributed by atoms with Crippen molar-refractivity contribution in [1.29, 1.82) is 0 Å². The lowest BCUT2D eigenvalue weighted by molar-refractivity contribution is -0.115. The Morgan fingerprint density at radius 2 is 2.11 bits per heavy atom. The van der Waals surface area contributed by atoms with Crippen molar-refractivity contribution < 1.29 is 24.4 Å². The highest BCUT2D eigenvalue weighted by Crippen LogP contribution is 2.43. The van der Waals surface area contributed by atoms with E-state index in [0.717, 1.165) is 12.1 Å². The number of halogens is 2. The molecular weight excluding hydrogens is 391 g/mol. The average molecular weight is 409 g/mol. The Morgan fingerprint density at radius 1 is 1.36 bits per heavy atom. The zero-order chi connectivity index (χ0) is 20.2. The van der Waals surface area contributed by atoms with Crippen LogP contribution in [0.3, 0.4) is 0 Å². The van der Waals surface area contributed by atoms with Crippen LogP contribution in [-0.4, -0.2) is 47.7 Å². The van der Waals surface area contributed by atoms with Gasteiger partial charge in [-0.3, -0.25) is 0 Å². The Balaban J connectivity index is 1.72. The molecule has 10 heteroatoms. The van der Waals surface area contributed by atoms with E-state index in [1.54, 1.807) is 12.3 Å². The zero-order valence-corrected chi connectivity index (χ0v) is 15.5. The molecule has 8 nitrogen and oxygen atoms in total. The van der Waals surface area contributed by atoms with E-state index >= 15 is 0 Å². The van der Waals surface area contributed by atoms with Crippen molar-refractivity contribution in [2.45, 2.75) is 37.1 Å². The zero-order valence-electron chi connectivity index (χ0n) is 14.7. The highest BCUT2D eigenvalue weighted by Gasteiger charge is 2.55. The van der Waals surface area contributed by atoms with Gasteiger partial charge < -0.3 is 30.4 Å². The van der Waals surface area contributed by atoms with Crippen LogP contribution < -0.4 is 5.73 Å². The first-order chi connectivity index (χ1) is 13.2. The number of rotatable bonds is 3. The molecule has 5 N–H and O–H groups in total. The van der Waals surface area contributed by atoms with Crippen molar-refractivity contribution in [3.8, 4) is 0 Å². The van der Waals surface area contributed by atoms with Gasteiger partial charge in [-0.15, -0.1) is 0 Å².